The van der Waals surface area contributed by atoms with Gasteiger partial charge in [-0.25, -0.2) is 0 Å². The molecule has 0 saturated carbocycles. The highest BCUT2D eigenvalue weighted by Gasteiger charge is 2.31. The van der Waals surface area contributed by atoms with Crippen LogP contribution in [0.5, 0.6) is 11.5 Å². The second-order valence-corrected chi connectivity index (χ2v) is 8.80. The molecule has 0 aliphatic carbocycles. The molecule has 0 radical (unpaired) electrons. The fourth-order valence-corrected chi connectivity index (χ4v) is 4.57. The van der Waals surface area contributed by atoms with E-state index in [1.807, 2.05) is 24.3 Å². The van der Waals surface area contributed by atoms with Crippen molar-refractivity contribution in [2.75, 3.05) is 19.9 Å². The molecule has 4 rings (SSSR count). The molecular weight excluding hydrogens is 476 g/mol. The van der Waals surface area contributed by atoms with Crippen LogP contribution in [0.3, 0.4) is 0 Å². The topological polar surface area (TPSA) is 67.9 Å². The number of benzene rings is 2. The number of carbonyl (C=O) groups is 2. The van der Waals surface area contributed by atoms with Crippen LogP contribution in [0, 0.1) is 0 Å². The van der Waals surface area contributed by atoms with Gasteiger partial charge in [-0.15, -0.1) is 0 Å². The summed E-state index contributed by atoms with van der Waals surface area (Å²) in [6.45, 7) is 0.810. The maximum atomic E-state index is 12.7. The average molecular weight is 491 g/mol. The van der Waals surface area contributed by atoms with Gasteiger partial charge in [0.05, 0.1) is 4.91 Å². The molecule has 148 valence electrons. The zero-order chi connectivity index (χ0) is 20.4. The molecule has 2 aromatic carbocycles. The first-order valence-corrected chi connectivity index (χ1v) is 10.7. The van der Waals surface area contributed by atoms with E-state index in [0.29, 0.717) is 39.4 Å². The highest BCUT2D eigenvalue weighted by Crippen LogP contribution is 2.36. The van der Waals surface area contributed by atoms with E-state index in [0.717, 1.165) is 10.0 Å². The summed E-state index contributed by atoms with van der Waals surface area (Å²) in [5.41, 5.74) is 1.38. The number of rotatable bonds is 5. The van der Waals surface area contributed by atoms with Gasteiger partial charge in [0.25, 0.3) is 11.8 Å². The van der Waals surface area contributed by atoms with Crippen molar-refractivity contribution >= 4 is 62.1 Å². The first-order chi connectivity index (χ1) is 14.0. The van der Waals surface area contributed by atoms with Crippen molar-refractivity contribution in [2.45, 2.75) is 0 Å². The lowest BCUT2D eigenvalue weighted by atomic mass is 10.2. The van der Waals surface area contributed by atoms with Gasteiger partial charge in [-0.3, -0.25) is 14.5 Å². The number of hydrogen-bond acceptors (Lipinski definition) is 6. The van der Waals surface area contributed by atoms with Crippen molar-refractivity contribution in [3.05, 3.63) is 63.0 Å². The molecule has 0 unspecified atom stereocenters. The monoisotopic (exact) mass is 490 g/mol. The number of nitrogens with zero attached hydrogens (tertiary/aromatic N) is 1. The molecule has 9 heteroatoms. The maximum Gasteiger partial charge on any atom is 0.266 e. The SMILES string of the molecule is O=C(NCCN1C(=O)C(=Cc2ccc3c(c2)OCO3)SC1=S)c1cccc(Br)c1. The first-order valence-electron chi connectivity index (χ1n) is 8.70. The van der Waals surface area contributed by atoms with Crippen molar-refractivity contribution in [3.8, 4) is 11.5 Å². The second-order valence-electron chi connectivity index (χ2n) is 6.21. The van der Waals surface area contributed by atoms with Gasteiger partial charge in [0.1, 0.15) is 4.32 Å². The van der Waals surface area contributed by atoms with Crippen LogP contribution in [0.25, 0.3) is 6.08 Å². The number of halogens is 1. The largest absolute Gasteiger partial charge is 0.454 e. The van der Waals surface area contributed by atoms with E-state index in [9.17, 15) is 9.59 Å². The van der Waals surface area contributed by atoms with Crippen molar-refractivity contribution in [3.63, 3.8) is 0 Å². The van der Waals surface area contributed by atoms with Gasteiger partial charge in [-0.05, 0) is 42.0 Å². The van der Waals surface area contributed by atoms with Gasteiger partial charge in [0.2, 0.25) is 6.79 Å². The molecule has 0 atom stereocenters. The van der Waals surface area contributed by atoms with E-state index in [4.69, 9.17) is 21.7 Å². The lowest BCUT2D eigenvalue weighted by Gasteiger charge is -2.14. The molecule has 2 aromatic rings. The Morgan fingerprint density at radius 2 is 2.07 bits per heavy atom. The highest BCUT2D eigenvalue weighted by atomic mass is 79.9. The number of nitrogens with one attached hydrogen (secondary N) is 1. The number of amides is 2. The van der Waals surface area contributed by atoms with Crippen LogP contribution >= 0.6 is 39.9 Å². The molecule has 1 N–H and O–H groups in total. The summed E-state index contributed by atoms with van der Waals surface area (Å²) < 4.78 is 12.0. The van der Waals surface area contributed by atoms with Crippen molar-refractivity contribution in [1.29, 1.82) is 0 Å². The summed E-state index contributed by atoms with van der Waals surface area (Å²) in [5.74, 6) is 0.974. The third-order valence-corrected chi connectivity index (χ3v) is 6.15. The molecular formula is C20H15BrN2O4S2. The molecule has 2 heterocycles. The molecule has 2 aliphatic heterocycles. The standard InChI is InChI=1S/C20H15BrN2O4S2/c21-14-3-1-2-13(10-14)18(24)22-6-7-23-19(25)17(29-20(23)28)9-12-4-5-15-16(8-12)27-11-26-15/h1-5,8-10H,6-7,11H2,(H,22,24). The Balaban J connectivity index is 1.37. The summed E-state index contributed by atoms with van der Waals surface area (Å²) in [6, 6.07) is 12.6. The summed E-state index contributed by atoms with van der Waals surface area (Å²) in [5, 5.41) is 2.81. The number of ether oxygens (including phenoxy) is 2. The van der Waals surface area contributed by atoms with Gasteiger partial charge in [-0.1, -0.05) is 52.0 Å². The Hall–Kier alpha value is -2.36. The molecule has 1 fully saturated rings. The molecule has 0 bridgehead atoms. The van der Waals surface area contributed by atoms with Crippen molar-refractivity contribution in [2.24, 2.45) is 0 Å². The lowest BCUT2D eigenvalue weighted by molar-refractivity contribution is -0.122. The fraction of sp³-hybridized carbons (Fsp3) is 0.150. The van der Waals surface area contributed by atoms with E-state index in [1.54, 1.807) is 24.3 Å². The molecule has 6 nitrogen and oxygen atoms in total. The van der Waals surface area contributed by atoms with Gasteiger partial charge >= 0.3 is 0 Å². The van der Waals surface area contributed by atoms with Gasteiger partial charge < -0.3 is 14.8 Å². The molecule has 0 spiro atoms. The summed E-state index contributed by atoms with van der Waals surface area (Å²) in [7, 11) is 0. The van der Waals surface area contributed by atoms with Gasteiger partial charge in [-0.2, -0.15) is 0 Å². The lowest BCUT2D eigenvalue weighted by Crippen LogP contribution is -2.37. The molecule has 0 aromatic heterocycles. The normalized spacial score (nSPS) is 16.6. The summed E-state index contributed by atoms with van der Waals surface area (Å²) >= 11 is 9.93. The van der Waals surface area contributed by atoms with Gasteiger partial charge in [0, 0.05) is 23.1 Å². The minimum absolute atomic E-state index is 0.172. The van der Waals surface area contributed by atoms with Crippen LogP contribution < -0.4 is 14.8 Å². The maximum absolute atomic E-state index is 12.7. The smallest absolute Gasteiger partial charge is 0.266 e. The third-order valence-electron chi connectivity index (χ3n) is 4.28. The number of thiocarbonyl (C=S) groups is 1. The predicted octanol–water partition coefficient (Wildman–Crippen LogP) is 3.81. The quantitative estimate of drug-likeness (QED) is 0.507. The Kier molecular flexibility index (Phi) is 5.89. The predicted molar refractivity (Wildman–Crippen MR) is 119 cm³/mol. The summed E-state index contributed by atoms with van der Waals surface area (Å²) in [6.07, 6.45) is 1.78. The minimum atomic E-state index is -0.201. The highest BCUT2D eigenvalue weighted by molar-refractivity contribution is 9.10. The number of carbonyl (C=O) groups excluding carboxylic acids is 2. The second kappa shape index (κ2) is 8.56. The number of thioether (sulfide) groups is 1. The number of hydrogen-bond donors (Lipinski definition) is 1. The fourth-order valence-electron chi connectivity index (χ4n) is 2.86. The molecule has 29 heavy (non-hydrogen) atoms. The molecule has 1 saturated heterocycles. The summed E-state index contributed by atoms with van der Waals surface area (Å²) in [4.78, 5) is 27.0. The van der Waals surface area contributed by atoms with Gasteiger partial charge in [0.15, 0.2) is 11.5 Å². The number of fused-ring (bicyclic) bond motifs is 1. The van der Waals surface area contributed by atoms with Crippen LogP contribution in [0.15, 0.2) is 51.8 Å². The van der Waals surface area contributed by atoms with Crippen LogP contribution in [0.1, 0.15) is 15.9 Å². The Morgan fingerprint density at radius 3 is 2.90 bits per heavy atom. The van der Waals surface area contributed by atoms with E-state index >= 15 is 0 Å². The zero-order valence-corrected chi connectivity index (χ0v) is 18.2. The van der Waals surface area contributed by atoms with Crippen molar-refractivity contribution < 1.29 is 19.1 Å². The van der Waals surface area contributed by atoms with Crippen LogP contribution in [-0.4, -0.2) is 40.9 Å². The Labute approximate surface area is 185 Å². The van der Waals surface area contributed by atoms with Crippen molar-refractivity contribution in [1.82, 2.24) is 10.2 Å². The van der Waals surface area contributed by atoms with Crippen LogP contribution in [0.4, 0.5) is 0 Å². The minimum Gasteiger partial charge on any atom is -0.454 e. The molecule has 2 aliphatic rings. The Bertz CT molecular complexity index is 1040. The Morgan fingerprint density at radius 1 is 1.24 bits per heavy atom. The van der Waals surface area contributed by atoms with E-state index in [-0.39, 0.29) is 18.6 Å². The molecule has 2 amide bonds. The van der Waals surface area contributed by atoms with E-state index in [2.05, 4.69) is 21.2 Å². The zero-order valence-electron chi connectivity index (χ0n) is 15.0. The van der Waals surface area contributed by atoms with E-state index < -0.39 is 0 Å². The van der Waals surface area contributed by atoms with E-state index in [1.165, 1.54) is 16.7 Å². The first kappa shape index (κ1) is 19.9. The van der Waals surface area contributed by atoms with Crippen LogP contribution in [0.2, 0.25) is 0 Å². The third kappa shape index (κ3) is 4.47. The average Bonchev–Trinajstić information content (AvgIpc) is 3.27. The van der Waals surface area contributed by atoms with Crippen LogP contribution in [-0.2, 0) is 4.79 Å².